The first-order valence-electron chi connectivity index (χ1n) is 8.94. The number of rotatable bonds is 3. The van der Waals surface area contributed by atoms with Crippen LogP contribution in [0.1, 0.15) is 37.0 Å². The number of nitrogens with zero attached hydrogens (tertiary/aromatic N) is 2. The minimum absolute atomic E-state index is 0.0541. The Labute approximate surface area is 143 Å². The molecule has 4 nitrogen and oxygen atoms in total. The van der Waals surface area contributed by atoms with Crippen molar-refractivity contribution in [2.24, 2.45) is 5.92 Å². The summed E-state index contributed by atoms with van der Waals surface area (Å²) in [6.45, 7) is 8.84. The summed E-state index contributed by atoms with van der Waals surface area (Å²) >= 11 is 0. The molecule has 2 fully saturated rings. The Morgan fingerprint density at radius 1 is 1.21 bits per heavy atom. The number of likely N-dealkylation sites (tertiary alicyclic amines) is 1. The van der Waals surface area contributed by atoms with E-state index in [9.17, 15) is 9.18 Å². The molecule has 1 aromatic rings. The smallest absolute Gasteiger partial charge is 0.253 e. The van der Waals surface area contributed by atoms with Gasteiger partial charge in [0.1, 0.15) is 5.82 Å². The van der Waals surface area contributed by atoms with Gasteiger partial charge in [0, 0.05) is 38.3 Å². The van der Waals surface area contributed by atoms with Crippen LogP contribution < -0.4 is 0 Å². The van der Waals surface area contributed by atoms with Crippen LogP contribution >= 0.6 is 0 Å². The molecule has 2 heterocycles. The van der Waals surface area contributed by atoms with Gasteiger partial charge in [0.2, 0.25) is 0 Å². The first-order chi connectivity index (χ1) is 11.5. The summed E-state index contributed by atoms with van der Waals surface area (Å²) in [6, 6.07) is 5.97. The van der Waals surface area contributed by atoms with E-state index in [2.05, 4.69) is 18.7 Å². The highest BCUT2D eigenvalue weighted by Gasteiger charge is 2.28. The molecule has 0 unspecified atom stereocenters. The Bertz CT molecular complexity index is 562. The first kappa shape index (κ1) is 17.4. The van der Waals surface area contributed by atoms with E-state index in [4.69, 9.17) is 4.74 Å². The molecule has 5 heteroatoms. The van der Waals surface area contributed by atoms with E-state index < -0.39 is 0 Å². The second kappa shape index (κ2) is 7.62. The molecular formula is C19H27FN2O2. The van der Waals surface area contributed by atoms with Crippen LogP contribution in [-0.2, 0) is 4.74 Å². The van der Waals surface area contributed by atoms with Crippen molar-refractivity contribution < 1.29 is 13.9 Å². The summed E-state index contributed by atoms with van der Waals surface area (Å²) in [5, 5.41) is 0. The molecule has 0 saturated carbocycles. The highest BCUT2D eigenvalue weighted by molar-refractivity contribution is 5.94. The van der Waals surface area contributed by atoms with Crippen LogP contribution in [0.25, 0.3) is 0 Å². The van der Waals surface area contributed by atoms with Crippen LogP contribution in [0.2, 0.25) is 0 Å². The normalized spacial score (nSPS) is 26.5. The molecule has 0 spiro atoms. The van der Waals surface area contributed by atoms with Gasteiger partial charge in [-0.2, -0.15) is 0 Å². The quantitative estimate of drug-likeness (QED) is 0.852. The van der Waals surface area contributed by atoms with Gasteiger partial charge in [0.05, 0.1) is 12.2 Å². The van der Waals surface area contributed by atoms with Crippen LogP contribution in [0.4, 0.5) is 4.39 Å². The van der Waals surface area contributed by atoms with Crippen molar-refractivity contribution in [3.05, 3.63) is 35.6 Å². The maximum atomic E-state index is 13.3. The Hall–Kier alpha value is -1.46. The van der Waals surface area contributed by atoms with Gasteiger partial charge in [-0.05, 0) is 50.8 Å². The maximum absolute atomic E-state index is 13.3. The minimum atomic E-state index is -0.355. The number of carbonyl (C=O) groups is 1. The third-order valence-electron chi connectivity index (χ3n) is 4.98. The Balaban J connectivity index is 1.49. The Kier molecular flexibility index (Phi) is 5.51. The van der Waals surface area contributed by atoms with Gasteiger partial charge in [0.15, 0.2) is 0 Å². The zero-order chi connectivity index (χ0) is 17.1. The largest absolute Gasteiger partial charge is 0.373 e. The third-order valence-corrected chi connectivity index (χ3v) is 4.98. The summed E-state index contributed by atoms with van der Waals surface area (Å²) in [7, 11) is 0. The van der Waals surface area contributed by atoms with Crippen molar-refractivity contribution >= 4 is 5.91 Å². The molecule has 3 rings (SSSR count). The number of ether oxygens (including phenoxy) is 1. The average Bonchev–Trinajstić information content (AvgIpc) is 2.54. The topological polar surface area (TPSA) is 32.8 Å². The second-order valence-corrected chi connectivity index (χ2v) is 7.22. The molecule has 2 atom stereocenters. The fourth-order valence-corrected chi connectivity index (χ4v) is 3.92. The van der Waals surface area contributed by atoms with Crippen LogP contribution in [0.3, 0.4) is 0 Å². The zero-order valence-electron chi connectivity index (χ0n) is 14.6. The highest BCUT2D eigenvalue weighted by atomic mass is 19.1. The lowest BCUT2D eigenvalue weighted by Crippen LogP contribution is -2.48. The highest BCUT2D eigenvalue weighted by Crippen LogP contribution is 2.22. The lowest BCUT2D eigenvalue weighted by atomic mass is 9.95. The van der Waals surface area contributed by atoms with Crippen LogP contribution in [0.5, 0.6) is 0 Å². The fraction of sp³-hybridized carbons (Fsp3) is 0.632. The minimum Gasteiger partial charge on any atom is -0.373 e. The van der Waals surface area contributed by atoms with Crippen LogP contribution in [-0.4, -0.2) is 60.6 Å². The van der Waals surface area contributed by atoms with Crippen molar-refractivity contribution in [2.75, 3.05) is 32.7 Å². The predicted octanol–water partition coefficient (Wildman–Crippen LogP) is 2.79. The lowest BCUT2D eigenvalue weighted by molar-refractivity contribution is -0.0728. The van der Waals surface area contributed by atoms with Crippen molar-refractivity contribution in [3.8, 4) is 0 Å². The van der Waals surface area contributed by atoms with E-state index in [1.54, 1.807) is 12.1 Å². The van der Waals surface area contributed by atoms with Crippen molar-refractivity contribution in [2.45, 2.75) is 38.9 Å². The third kappa shape index (κ3) is 4.33. The van der Waals surface area contributed by atoms with Crippen molar-refractivity contribution in [1.82, 2.24) is 9.80 Å². The summed E-state index contributed by atoms with van der Waals surface area (Å²) in [5.74, 6) is 0.215. The molecule has 0 aromatic heterocycles. The van der Waals surface area contributed by atoms with E-state index >= 15 is 0 Å². The summed E-state index contributed by atoms with van der Waals surface area (Å²) in [6.07, 6.45) is 2.62. The van der Waals surface area contributed by atoms with Gasteiger partial charge in [0.25, 0.3) is 5.91 Å². The number of hydrogen-bond donors (Lipinski definition) is 0. The average molecular weight is 334 g/mol. The molecule has 2 saturated heterocycles. The molecule has 0 bridgehead atoms. The van der Waals surface area contributed by atoms with Crippen LogP contribution in [0.15, 0.2) is 24.3 Å². The van der Waals surface area contributed by atoms with Crippen molar-refractivity contribution in [3.63, 3.8) is 0 Å². The van der Waals surface area contributed by atoms with E-state index in [1.165, 1.54) is 12.1 Å². The SMILES string of the molecule is C[C@H]1CN(CC2CCN(C(=O)c3cccc(F)c3)CC2)C[C@H](C)O1. The molecule has 2 aliphatic heterocycles. The second-order valence-electron chi connectivity index (χ2n) is 7.22. The van der Waals surface area contributed by atoms with Gasteiger partial charge < -0.3 is 9.64 Å². The number of morpholine rings is 1. The van der Waals surface area contributed by atoms with Crippen LogP contribution in [0, 0.1) is 11.7 Å². The van der Waals surface area contributed by atoms with E-state index in [0.717, 1.165) is 45.6 Å². The van der Waals surface area contributed by atoms with Gasteiger partial charge in [-0.3, -0.25) is 9.69 Å². The molecule has 2 aliphatic rings. The maximum Gasteiger partial charge on any atom is 0.253 e. The predicted molar refractivity (Wildman–Crippen MR) is 91.5 cm³/mol. The summed E-state index contributed by atoms with van der Waals surface area (Å²) in [4.78, 5) is 16.8. The van der Waals surface area contributed by atoms with Gasteiger partial charge in [-0.25, -0.2) is 4.39 Å². The molecule has 0 radical (unpaired) electrons. The number of piperidine rings is 1. The molecule has 0 aliphatic carbocycles. The standard InChI is InChI=1S/C19H27FN2O2/c1-14-11-21(12-15(2)24-14)13-16-6-8-22(9-7-16)19(23)17-4-3-5-18(20)10-17/h3-5,10,14-16H,6-9,11-13H2,1-2H3/t14-,15-/m0/s1. The molecule has 24 heavy (non-hydrogen) atoms. The molecule has 1 aromatic carbocycles. The summed E-state index contributed by atoms with van der Waals surface area (Å²) < 4.78 is 19.1. The number of halogens is 1. The molecule has 1 amide bonds. The molecule has 0 N–H and O–H groups in total. The lowest BCUT2D eigenvalue weighted by Gasteiger charge is -2.39. The zero-order valence-corrected chi connectivity index (χ0v) is 14.6. The number of benzene rings is 1. The fourth-order valence-electron chi connectivity index (χ4n) is 3.92. The number of hydrogen-bond acceptors (Lipinski definition) is 3. The summed E-state index contributed by atoms with van der Waals surface area (Å²) in [5.41, 5.74) is 0.448. The van der Waals surface area contributed by atoms with E-state index in [-0.39, 0.29) is 11.7 Å². The van der Waals surface area contributed by atoms with Crippen molar-refractivity contribution in [1.29, 1.82) is 0 Å². The molecule has 132 valence electrons. The van der Waals surface area contributed by atoms with Gasteiger partial charge >= 0.3 is 0 Å². The van der Waals surface area contributed by atoms with Gasteiger partial charge in [-0.15, -0.1) is 0 Å². The van der Waals surface area contributed by atoms with E-state index in [0.29, 0.717) is 23.7 Å². The van der Waals surface area contributed by atoms with Gasteiger partial charge in [-0.1, -0.05) is 6.07 Å². The monoisotopic (exact) mass is 334 g/mol. The Morgan fingerprint density at radius 2 is 1.88 bits per heavy atom. The number of carbonyl (C=O) groups excluding carboxylic acids is 1. The number of amides is 1. The first-order valence-corrected chi connectivity index (χ1v) is 8.94. The Morgan fingerprint density at radius 3 is 2.50 bits per heavy atom. The molecular weight excluding hydrogens is 307 g/mol. The van der Waals surface area contributed by atoms with E-state index in [1.807, 2.05) is 4.90 Å².